The molecule has 2 aromatic rings. The highest BCUT2D eigenvalue weighted by Gasteiger charge is 2.26. The molecule has 0 N–H and O–H groups in total. The van der Waals surface area contributed by atoms with Crippen molar-refractivity contribution in [3.8, 4) is 11.5 Å². The Hall–Kier alpha value is -3.09. The number of halogens is 1. The number of nitrogens with zero attached hydrogens (tertiary/aromatic N) is 2. The topological polar surface area (TPSA) is 59.1 Å². The highest BCUT2D eigenvalue weighted by molar-refractivity contribution is 5.94. The highest BCUT2D eigenvalue weighted by atomic mass is 19.1. The molecule has 0 bridgehead atoms. The average Bonchev–Trinajstić information content (AvgIpc) is 3.16. The first-order chi connectivity index (χ1) is 13.1. The van der Waals surface area contributed by atoms with E-state index in [1.54, 1.807) is 28.0 Å². The third-order valence-electron chi connectivity index (χ3n) is 4.82. The molecule has 0 unspecified atom stereocenters. The molecule has 6 nitrogen and oxygen atoms in total. The average molecular weight is 370 g/mol. The molecule has 4 rings (SSSR count). The van der Waals surface area contributed by atoms with Crippen LogP contribution in [0, 0.1) is 5.82 Å². The zero-order chi connectivity index (χ0) is 18.8. The predicted molar refractivity (Wildman–Crippen MR) is 95.2 cm³/mol. The van der Waals surface area contributed by atoms with Gasteiger partial charge in [-0.05, 0) is 29.8 Å². The molecule has 7 heteroatoms. The van der Waals surface area contributed by atoms with Crippen LogP contribution in [0.15, 0.2) is 42.5 Å². The number of benzene rings is 2. The summed E-state index contributed by atoms with van der Waals surface area (Å²) < 4.78 is 24.4. The van der Waals surface area contributed by atoms with Gasteiger partial charge in [0.15, 0.2) is 11.5 Å². The molecule has 27 heavy (non-hydrogen) atoms. The number of amides is 2. The Bertz CT molecular complexity index is 878. The Kier molecular flexibility index (Phi) is 4.66. The summed E-state index contributed by atoms with van der Waals surface area (Å²) in [5.74, 6) is 0.471. The number of carbonyl (C=O) groups excluding carboxylic acids is 2. The minimum absolute atomic E-state index is 0.00754. The first-order valence-electron chi connectivity index (χ1n) is 8.82. The van der Waals surface area contributed by atoms with Crippen LogP contribution in [0.3, 0.4) is 0 Å². The lowest BCUT2D eigenvalue weighted by molar-refractivity contribution is -0.131. The van der Waals surface area contributed by atoms with Gasteiger partial charge < -0.3 is 19.3 Å². The lowest BCUT2D eigenvalue weighted by Crippen LogP contribution is -2.51. The first kappa shape index (κ1) is 17.3. The molecule has 2 aliphatic heterocycles. The number of carbonyl (C=O) groups is 2. The monoisotopic (exact) mass is 370 g/mol. The van der Waals surface area contributed by atoms with E-state index >= 15 is 0 Å². The summed E-state index contributed by atoms with van der Waals surface area (Å²) in [7, 11) is 0. The zero-order valence-electron chi connectivity index (χ0n) is 14.7. The van der Waals surface area contributed by atoms with Crippen molar-refractivity contribution in [1.82, 2.24) is 9.80 Å². The Morgan fingerprint density at radius 2 is 1.63 bits per heavy atom. The molecule has 2 amide bonds. The summed E-state index contributed by atoms with van der Waals surface area (Å²) in [5, 5.41) is 0. The molecule has 0 radical (unpaired) electrons. The van der Waals surface area contributed by atoms with Gasteiger partial charge in [-0.2, -0.15) is 0 Å². The Balaban J connectivity index is 1.34. The number of hydrogen-bond acceptors (Lipinski definition) is 4. The minimum Gasteiger partial charge on any atom is -0.454 e. The third kappa shape index (κ3) is 3.58. The van der Waals surface area contributed by atoms with Crippen LogP contribution in [-0.4, -0.2) is 54.6 Å². The summed E-state index contributed by atoms with van der Waals surface area (Å²) in [6.45, 7) is 1.85. The molecule has 140 valence electrons. The summed E-state index contributed by atoms with van der Waals surface area (Å²) in [6, 6.07) is 11.4. The Morgan fingerprint density at radius 3 is 2.41 bits per heavy atom. The van der Waals surface area contributed by atoms with Gasteiger partial charge >= 0.3 is 0 Å². The standard InChI is InChI=1S/C20H19FN2O4/c21-16-4-2-1-3-15(16)20(25)23-9-7-22(8-10-23)19(24)12-14-5-6-17-18(11-14)27-13-26-17/h1-6,11H,7-10,12-13H2. The lowest BCUT2D eigenvalue weighted by Gasteiger charge is -2.35. The number of fused-ring (bicyclic) bond motifs is 1. The Morgan fingerprint density at radius 1 is 0.926 bits per heavy atom. The third-order valence-corrected chi connectivity index (χ3v) is 4.82. The first-order valence-corrected chi connectivity index (χ1v) is 8.82. The van der Waals surface area contributed by atoms with E-state index in [0.717, 1.165) is 5.56 Å². The summed E-state index contributed by atoms with van der Waals surface area (Å²) in [4.78, 5) is 28.3. The molecule has 2 heterocycles. The maximum atomic E-state index is 13.8. The van der Waals surface area contributed by atoms with Gasteiger partial charge in [0.05, 0.1) is 12.0 Å². The van der Waals surface area contributed by atoms with E-state index in [-0.39, 0.29) is 30.6 Å². The number of piperazine rings is 1. The Labute approximate surface area is 156 Å². The van der Waals surface area contributed by atoms with Crippen molar-refractivity contribution in [2.45, 2.75) is 6.42 Å². The number of hydrogen-bond donors (Lipinski definition) is 0. The summed E-state index contributed by atoms with van der Waals surface area (Å²) in [5.41, 5.74) is 0.923. The maximum Gasteiger partial charge on any atom is 0.256 e. The molecular weight excluding hydrogens is 351 g/mol. The molecule has 1 fully saturated rings. The number of rotatable bonds is 3. The normalized spacial score (nSPS) is 15.7. The van der Waals surface area contributed by atoms with E-state index in [0.29, 0.717) is 37.7 Å². The van der Waals surface area contributed by atoms with Gasteiger partial charge in [-0.15, -0.1) is 0 Å². The van der Waals surface area contributed by atoms with Crippen LogP contribution in [-0.2, 0) is 11.2 Å². The van der Waals surface area contributed by atoms with Gasteiger partial charge in [0, 0.05) is 26.2 Å². The van der Waals surface area contributed by atoms with E-state index in [9.17, 15) is 14.0 Å². The fourth-order valence-corrected chi connectivity index (χ4v) is 3.30. The van der Waals surface area contributed by atoms with Gasteiger partial charge in [0.1, 0.15) is 5.82 Å². The molecule has 1 saturated heterocycles. The fraction of sp³-hybridized carbons (Fsp3) is 0.300. The largest absolute Gasteiger partial charge is 0.454 e. The van der Waals surface area contributed by atoms with Crippen LogP contribution in [0.4, 0.5) is 4.39 Å². The van der Waals surface area contributed by atoms with Crippen LogP contribution in [0.2, 0.25) is 0 Å². The van der Waals surface area contributed by atoms with E-state index in [1.807, 2.05) is 12.1 Å². The zero-order valence-corrected chi connectivity index (χ0v) is 14.7. The molecular formula is C20H19FN2O4. The molecule has 0 aromatic heterocycles. The molecule has 0 saturated carbocycles. The van der Waals surface area contributed by atoms with E-state index < -0.39 is 5.82 Å². The van der Waals surface area contributed by atoms with Crippen LogP contribution < -0.4 is 9.47 Å². The van der Waals surface area contributed by atoms with Crippen LogP contribution in [0.5, 0.6) is 11.5 Å². The van der Waals surface area contributed by atoms with Gasteiger partial charge in [-0.25, -0.2) is 4.39 Å². The van der Waals surface area contributed by atoms with Crippen molar-refractivity contribution in [3.05, 3.63) is 59.4 Å². The summed E-state index contributed by atoms with van der Waals surface area (Å²) >= 11 is 0. The highest BCUT2D eigenvalue weighted by Crippen LogP contribution is 2.32. The van der Waals surface area contributed by atoms with E-state index in [4.69, 9.17) is 9.47 Å². The smallest absolute Gasteiger partial charge is 0.256 e. The van der Waals surface area contributed by atoms with E-state index in [1.165, 1.54) is 12.1 Å². The van der Waals surface area contributed by atoms with Crippen molar-refractivity contribution >= 4 is 11.8 Å². The molecule has 0 spiro atoms. The van der Waals surface area contributed by atoms with Crippen LogP contribution in [0.1, 0.15) is 15.9 Å². The molecule has 2 aromatic carbocycles. The van der Waals surface area contributed by atoms with Crippen molar-refractivity contribution in [3.63, 3.8) is 0 Å². The SMILES string of the molecule is O=C(Cc1ccc2c(c1)OCO2)N1CCN(C(=O)c2ccccc2F)CC1. The second-order valence-corrected chi connectivity index (χ2v) is 6.52. The second kappa shape index (κ2) is 7.26. The van der Waals surface area contributed by atoms with E-state index in [2.05, 4.69) is 0 Å². The minimum atomic E-state index is -0.524. The van der Waals surface area contributed by atoms with Crippen LogP contribution in [0.25, 0.3) is 0 Å². The molecule has 2 aliphatic rings. The maximum absolute atomic E-state index is 13.8. The van der Waals surface area contributed by atoms with Crippen molar-refractivity contribution in [2.75, 3.05) is 33.0 Å². The van der Waals surface area contributed by atoms with Gasteiger partial charge in [-0.1, -0.05) is 18.2 Å². The van der Waals surface area contributed by atoms with Crippen LogP contribution >= 0.6 is 0 Å². The fourth-order valence-electron chi connectivity index (χ4n) is 3.30. The number of ether oxygens (including phenoxy) is 2. The second-order valence-electron chi connectivity index (χ2n) is 6.52. The predicted octanol–water partition coefficient (Wildman–Crippen LogP) is 2.08. The molecule has 0 atom stereocenters. The van der Waals surface area contributed by atoms with Crippen molar-refractivity contribution in [2.24, 2.45) is 0 Å². The van der Waals surface area contributed by atoms with Crippen molar-refractivity contribution in [1.29, 1.82) is 0 Å². The van der Waals surface area contributed by atoms with Gasteiger partial charge in [0.2, 0.25) is 12.7 Å². The summed E-state index contributed by atoms with van der Waals surface area (Å²) in [6.07, 6.45) is 0.262. The van der Waals surface area contributed by atoms with Gasteiger partial charge in [0.25, 0.3) is 5.91 Å². The molecule has 0 aliphatic carbocycles. The lowest BCUT2D eigenvalue weighted by atomic mass is 10.1. The van der Waals surface area contributed by atoms with Crippen molar-refractivity contribution < 1.29 is 23.5 Å². The van der Waals surface area contributed by atoms with Gasteiger partial charge in [-0.3, -0.25) is 9.59 Å². The quantitative estimate of drug-likeness (QED) is 0.830.